The van der Waals surface area contributed by atoms with E-state index in [2.05, 4.69) is 0 Å². The lowest BCUT2D eigenvalue weighted by molar-refractivity contribution is -0.0289. The zero-order valence-corrected chi connectivity index (χ0v) is 6.66. The monoisotopic (exact) mass is 164 g/mol. The Morgan fingerprint density at radius 3 is 2.64 bits per heavy atom. The van der Waals surface area contributed by atoms with Gasteiger partial charge in [-0.25, -0.2) is 4.39 Å². The number of ether oxygens (including phenoxy) is 2. The molecule has 3 nitrogen and oxygen atoms in total. The highest BCUT2D eigenvalue weighted by molar-refractivity contribution is 4.88. The molecule has 0 aromatic rings. The van der Waals surface area contributed by atoms with Crippen LogP contribution in [-0.4, -0.2) is 43.3 Å². The minimum absolute atomic E-state index is 0.242. The van der Waals surface area contributed by atoms with Gasteiger partial charge in [0.05, 0.1) is 12.7 Å². The Hall–Kier alpha value is -0.190. The van der Waals surface area contributed by atoms with Crippen molar-refractivity contribution in [3.05, 3.63) is 0 Å². The molecule has 1 N–H and O–H groups in total. The van der Waals surface area contributed by atoms with Crippen LogP contribution < -0.4 is 0 Å². The highest BCUT2D eigenvalue weighted by atomic mass is 19.1. The molecule has 4 unspecified atom stereocenters. The minimum Gasteiger partial charge on any atom is -0.387 e. The predicted octanol–water partition coefficient (Wildman–Crippen LogP) is 0.119. The zero-order chi connectivity index (χ0) is 8.43. The summed E-state index contributed by atoms with van der Waals surface area (Å²) in [7, 11) is 1.49. The molecular formula is C7H13FO3. The molecule has 4 atom stereocenters. The summed E-state index contributed by atoms with van der Waals surface area (Å²) in [6, 6.07) is 0. The number of halogens is 1. The molecule has 0 saturated carbocycles. The normalized spacial score (nSPS) is 44.7. The zero-order valence-electron chi connectivity index (χ0n) is 6.66. The van der Waals surface area contributed by atoms with Crippen LogP contribution >= 0.6 is 0 Å². The van der Waals surface area contributed by atoms with E-state index in [1.54, 1.807) is 6.92 Å². The second-order valence-corrected chi connectivity index (χ2v) is 2.77. The molecule has 0 radical (unpaired) electrons. The molecule has 1 rings (SSSR count). The Balaban J connectivity index is 2.45. The van der Waals surface area contributed by atoms with Gasteiger partial charge in [-0.3, -0.25) is 0 Å². The van der Waals surface area contributed by atoms with Gasteiger partial charge in [0.2, 0.25) is 0 Å². The van der Waals surface area contributed by atoms with E-state index < -0.39 is 24.5 Å². The van der Waals surface area contributed by atoms with Crippen LogP contribution in [0.1, 0.15) is 6.92 Å². The molecule has 0 aromatic carbocycles. The van der Waals surface area contributed by atoms with Crippen LogP contribution in [0.3, 0.4) is 0 Å². The second kappa shape index (κ2) is 3.47. The number of methoxy groups -OCH3 is 1. The van der Waals surface area contributed by atoms with Crippen molar-refractivity contribution >= 4 is 0 Å². The van der Waals surface area contributed by atoms with Crippen molar-refractivity contribution in [1.82, 2.24) is 0 Å². The summed E-state index contributed by atoms with van der Waals surface area (Å²) in [5.41, 5.74) is 0. The lowest BCUT2D eigenvalue weighted by Gasteiger charge is -2.11. The lowest BCUT2D eigenvalue weighted by Crippen LogP contribution is -2.31. The first kappa shape index (κ1) is 8.90. The first-order valence-electron chi connectivity index (χ1n) is 3.63. The van der Waals surface area contributed by atoms with Crippen molar-refractivity contribution < 1.29 is 19.0 Å². The topological polar surface area (TPSA) is 38.7 Å². The van der Waals surface area contributed by atoms with Crippen LogP contribution in [0.5, 0.6) is 0 Å². The van der Waals surface area contributed by atoms with Crippen LogP contribution in [-0.2, 0) is 9.47 Å². The fraction of sp³-hybridized carbons (Fsp3) is 1.00. The van der Waals surface area contributed by atoms with Gasteiger partial charge in [0.1, 0.15) is 12.2 Å². The predicted molar refractivity (Wildman–Crippen MR) is 37.1 cm³/mol. The van der Waals surface area contributed by atoms with Gasteiger partial charge in [-0.2, -0.15) is 0 Å². The molecular weight excluding hydrogens is 151 g/mol. The van der Waals surface area contributed by atoms with E-state index in [1.165, 1.54) is 7.11 Å². The van der Waals surface area contributed by atoms with E-state index in [4.69, 9.17) is 9.47 Å². The van der Waals surface area contributed by atoms with E-state index in [-0.39, 0.29) is 6.61 Å². The third-order valence-electron chi connectivity index (χ3n) is 1.88. The summed E-state index contributed by atoms with van der Waals surface area (Å²) in [5, 5.41) is 9.18. The highest BCUT2D eigenvalue weighted by Gasteiger charge is 2.41. The summed E-state index contributed by atoms with van der Waals surface area (Å²) in [4.78, 5) is 0. The summed E-state index contributed by atoms with van der Waals surface area (Å²) in [6.45, 7) is 1.84. The molecule has 0 spiro atoms. The first-order chi connectivity index (χ1) is 5.16. The van der Waals surface area contributed by atoms with Gasteiger partial charge in [-0.05, 0) is 6.92 Å². The van der Waals surface area contributed by atoms with Crippen molar-refractivity contribution in [1.29, 1.82) is 0 Å². The van der Waals surface area contributed by atoms with Gasteiger partial charge >= 0.3 is 0 Å². The second-order valence-electron chi connectivity index (χ2n) is 2.77. The van der Waals surface area contributed by atoms with Crippen LogP contribution in [0.15, 0.2) is 0 Å². The SMILES string of the molecule is COCC1OC(C)C(F)C1O. The number of aliphatic hydroxyl groups is 1. The van der Waals surface area contributed by atoms with Crippen molar-refractivity contribution in [2.45, 2.75) is 31.4 Å². The fourth-order valence-electron chi connectivity index (χ4n) is 1.22. The Bertz CT molecular complexity index is 131. The summed E-state index contributed by atoms with van der Waals surface area (Å²) in [6.07, 6.45) is -3.35. The molecule has 66 valence electrons. The van der Waals surface area contributed by atoms with Gasteiger partial charge in [0, 0.05) is 7.11 Å². The standard InChI is InChI=1S/C7H13FO3/c1-4-6(8)7(9)5(11-4)3-10-2/h4-7,9H,3H2,1-2H3. The molecule has 0 aromatic heterocycles. The fourth-order valence-corrected chi connectivity index (χ4v) is 1.22. The van der Waals surface area contributed by atoms with Crippen LogP contribution in [0.2, 0.25) is 0 Å². The smallest absolute Gasteiger partial charge is 0.154 e. The van der Waals surface area contributed by atoms with Gasteiger partial charge in [0.25, 0.3) is 0 Å². The minimum atomic E-state index is -1.28. The van der Waals surface area contributed by atoms with Crippen LogP contribution in [0.4, 0.5) is 4.39 Å². The molecule has 1 heterocycles. The first-order valence-corrected chi connectivity index (χ1v) is 3.63. The molecule has 1 fully saturated rings. The maximum atomic E-state index is 12.9. The van der Waals surface area contributed by atoms with Crippen LogP contribution in [0.25, 0.3) is 0 Å². The highest BCUT2D eigenvalue weighted by Crippen LogP contribution is 2.23. The molecule has 4 heteroatoms. The molecule has 1 saturated heterocycles. The van der Waals surface area contributed by atoms with E-state index in [9.17, 15) is 9.50 Å². The number of aliphatic hydroxyl groups excluding tert-OH is 1. The third-order valence-corrected chi connectivity index (χ3v) is 1.88. The Morgan fingerprint density at radius 2 is 2.27 bits per heavy atom. The maximum Gasteiger partial charge on any atom is 0.154 e. The number of hydrogen-bond donors (Lipinski definition) is 1. The molecule has 0 amide bonds. The van der Waals surface area contributed by atoms with E-state index in [0.29, 0.717) is 0 Å². The largest absolute Gasteiger partial charge is 0.387 e. The molecule has 1 aliphatic rings. The number of alkyl halides is 1. The summed E-state index contributed by atoms with van der Waals surface area (Å²) < 4.78 is 22.7. The quantitative estimate of drug-likeness (QED) is 0.630. The van der Waals surface area contributed by atoms with Gasteiger partial charge in [0.15, 0.2) is 6.17 Å². The van der Waals surface area contributed by atoms with Crippen molar-refractivity contribution in [3.8, 4) is 0 Å². The van der Waals surface area contributed by atoms with Crippen molar-refractivity contribution in [2.75, 3.05) is 13.7 Å². The van der Waals surface area contributed by atoms with Crippen molar-refractivity contribution in [2.24, 2.45) is 0 Å². The molecule has 1 aliphatic heterocycles. The van der Waals surface area contributed by atoms with E-state index >= 15 is 0 Å². The van der Waals surface area contributed by atoms with E-state index in [0.717, 1.165) is 0 Å². The third kappa shape index (κ3) is 1.69. The van der Waals surface area contributed by atoms with Gasteiger partial charge in [-0.15, -0.1) is 0 Å². The van der Waals surface area contributed by atoms with E-state index in [1.807, 2.05) is 0 Å². The maximum absolute atomic E-state index is 12.9. The molecule has 11 heavy (non-hydrogen) atoms. The van der Waals surface area contributed by atoms with Gasteiger partial charge in [-0.1, -0.05) is 0 Å². The Morgan fingerprint density at radius 1 is 1.64 bits per heavy atom. The van der Waals surface area contributed by atoms with Crippen molar-refractivity contribution in [3.63, 3.8) is 0 Å². The summed E-state index contributed by atoms with van der Waals surface area (Å²) in [5.74, 6) is 0. The molecule has 0 aliphatic carbocycles. The average Bonchev–Trinajstić information content (AvgIpc) is 2.19. The number of hydrogen-bond acceptors (Lipinski definition) is 3. The Labute approximate surface area is 65.1 Å². The van der Waals surface area contributed by atoms with Crippen LogP contribution in [0, 0.1) is 0 Å². The average molecular weight is 164 g/mol. The van der Waals surface area contributed by atoms with Gasteiger partial charge < -0.3 is 14.6 Å². The Kier molecular flexibility index (Phi) is 2.81. The lowest BCUT2D eigenvalue weighted by atomic mass is 10.1. The molecule has 0 bridgehead atoms. The number of rotatable bonds is 2. The summed E-state index contributed by atoms with van der Waals surface area (Å²) >= 11 is 0.